The Morgan fingerprint density at radius 3 is 3.00 bits per heavy atom. The normalized spacial score (nSPS) is 18.6. The van der Waals surface area contributed by atoms with Gasteiger partial charge in [-0.2, -0.15) is 0 Å². The van der Waals surface area contributed by atoms with E-state index in [1.54, 1.807) is 4.90 Å². The maximum atomic E-state index is 12.3. The topological polar surface area (TPSA) is 101 Å². The molecular formula is C12H16ClN5O2. The first-order chi connectivity index (χ1) is 9.56. The third-order valence-electron chi connectivity index (χ3n) is 3.20. The minimum absolute atomic E-state index is 0.191. The fourth-order valence-corrected chi connectivity index (χ4v) is 2.42. The van der Waals surface area contributed by atoms with Crippen molar-refractivity contribution < 1.29 is 9.59 Å². The first-order valence-electron chi connectivity index (χ1n) is 6.36. The number of nitrogens with zero attached hydrogens (tertiary/aromatic N) is 3. The van der Waals surface area contributed by atoms with E-state index in [1.165, 1.54) is 12.4 Å². The molecule has 0 bridgehead atoms. The van der Waals surface area contributed by atoms with Gasteiger partial charge in [0.05, 0.1) is 12.4 Å². The molecule has 7 nitrogen and oxygen atoms in total. The van der Waals surface area contributed by atoms with Crippen LogP contribution in [0.5, 0.6) is 0 Å². The predicted molar refractivity (Wildman–Crippen MR) is 73.3 cm³/mol. The molecule has 2 rings (SSSR count). The van der Waals surface area contributed by atoms with Crippen LogP contribution in [-0.2, 0) is 0 Å². The summed E-state index contributed by atoms with van der Waals surface area (Å²) in [7, 11) is 0. The number of nitrogens with one attached hydrogen (secondary N) is 1. The molecule has 0 aromatic carbocycles. The zero-order valence-electron chi connectivity index (χ0n) is 10.9. The van der Waals surface area contributed by atoms with Gasteiger partial charge in [-0.15, -0.1) is 0 Å². The highest BCUT2D eigenvalue weighted by Crippen LogP contribution is 2.17. The second-order valence-electron chi connectivity index (χ2n) is 4.73. The van der Waals surface area contributed by atoms with E-state index in [9.17, 15) is 9.59 Å². The molecule has 1 fully saturated rings. The van der Waals surface area contributed by atoms with Crippen LogP contribution in [0.15, 0.2) is 12.4 Å². The van der Waals surface area contributed by atoms with Gasteiger partial charge in [0.25, 0.3) is 5.91 Å². The minimum atomic E-state index is -0.547. The number of hydrogen-bond donors (Lipinski definition) is 2. The van der Waals surface area contributed by atoms with Crippen molar-refractivity contribution in [1.82, 2.24) is 20.2 Å². The van der Waals surface area contributed by atoms with Gasteiger partial charge >= 0.3 is 6.03 Å². The van der Waals surface area contributed by atoms with Crippen molar-refractivity contribution in [3.63, 3.8) is 0 Å². The van der Waals surface area contributed by atoms with E-state index in [4.69, 9.17) is 17.3 Å². The number of primary amides is 1. The molecule has 1 unspecified atom stereocenters. The molecule has 2 heterocycles. The summed E-state index contributed by atoms with van der Waals surface area (Å²) in [6.45, 7) is 1.70. The molecule has 1 aliphatic rings. The van der Waals surface area contributed by atoms with Crippen LogP contribution in [0.4, 0.5) is 4.79 Å². The number of piperidine rings is 1. The van der Waals surface area contributed by atoms with Crippen molar-refractivity contribution in [3.05, 3.63) is 23.2 Å². The van der Waals surface area contributed by atoms with Gasteiger partial charge in [-0.3, -0.25) is 9.78 Å². The Bertz CT molecular complexity index is 510. The van der Waals surface area contributed by atoms with Gasteiger partial charge < -0.3 is 16.0 Å². The number of hydrogen-bond acceptors (Lipinski definition) is 4. The summed E-state index contributed by atoms with van der Waals surface area (Å²) < 4.78 is 0. The number of amides is 3. The first-order valence-corrected chi connectivity index (χ1v) is 6.74. The van der Waals surface area contributed by atoms with Crippen LogP contribution in [-0.4, -0.2) is 46.4 Å². The molecule has 1 atom stereocenters. The third-order valence-corrected chi connectivity index (χ3v) is 3.38. The van der Waals surface area contributed by atoms with Gasteiger partial charge in [0, 0.05) is 19.6 Å². The molecule has 1 aliphatic heterocycles. The summed E-state index contributed by atoms with van der Waals surface area (Å²) in [5.41, 5.74) is 5.29. The molecule has 0 aliphatic carbocycles. The third kappa shape index (κ3) is 3.80. The Kier molecular flexibility index (Phi) is 4.73. The van der Waals surface area contributed by atoms with Crippen LogP contribution in [0.3, 0.4) is 0 Å². The van der Waals surface area contributed by atoms with Crippen molar-refractivity contribution in [3.8, 4) is 0 Å². The number of likely N-dealkylation sites (tertiary alicyclic amines) is 1. The maximum absolute atomic E-state index is 12.3. The van der Waals surface area contributed by atoms with Crippen LogP contribution < -0.4 is 11.1 Å². The molecular weight excluding hydrogens is 282 g/mol. The second kappa shape index (κ2) is 6.51. The molecule has 3 amide bonds. The van der Waals surface area contributed by atoms with Crippen molar-refractivity contribution >= 4 is 23.5 Å². The van der Waals surface area contributed by atoms with Gasteiger partial charge in [-0.1, -0.05) is 11.6 Å². The second-order valence-corrected chi connectivity index (χ2v) is 5.12. The summed E-state index contributed by atoms with van der Waals surface area (Å²) in [5.74, 6) is 0.0103. The monoisotopic (exact) mass is 297 g/mol. The Morgan fingerprint density at radius 1 is 1.50 bits per heavy atom. The van der Waals surface area contributed by atoms with Crippen molar-refractivity contribution in [2.24, 2.45) is 11.7 Å². The number of nitrogens with two attached hydrogens (primary N) is 1. The smallest absolute Gasteiger partial charge is 0.312 e. The van der Waals surface area contributed by atoms with E-state index in [1.807, 2.05) is 0 Å². The molecule has 8 heteroatoms. The fraction of sp³-hybridized carbons (Fsp3) is 0.500. The van der Waals surface area contributed by atoms with Crippen molar-refractivity contribution in [1.29, 1.82) is 0 Å². The van der Waals surface area contributed by atoms with Gasteiger partial charge in [0.15, 0.2) is 0 Å². The number of halogens is 1. The molecule has 0 radical (unpaired) electrons. The van der Waals surface area contributed by atoms with E-state index >= 15 is 0 Å². The zero-order chi connectivity index (χ0) is 14.5. The average Bonchev–Trinajstić information content (AvgIpc) is 2.44. The molecule has 20 heavy (non-hydrogen) atoms. The Morgan fingerprint density at radius 2 is 2.30 bits per heavy atom. The highest BCUT2D eigenvalue weighted by Gasteiger charge is 2.25. The van der Waals surface area contributed by atoms with Crippen LogP contribution in [0.1, 0.15) is 23.3 Å². The highest BCUT2D eigenvalue weighted by molar-refractivity contribution is 6.29. The highest BCUT2D eigenvalue weighted by atomic mass is 35.5. The Hall–Kier alpha value is -1.89. The van der Waals surface area contributed by atoms with Crippen LogP contribution >= 0.6 is 11.6 Å². The SMILES string of the molecule is NC(=O)NCC1CCCN(C(=O)c2cncc(Cl)n2)C1. The standard InChI is InChI=1S/C12H16ClN5O2/c13-10-6-15-5-9(17-10)11(19)18-3-1-2-8(7-18)4-16-12(14)20/h5-6,8H,1-4,7H2,(H3,14,16,20). The summed E-state index contributed by atoms with van der Waals surface area (Å²) in [5, 5.41) is 2.77. The van der Waals surface area contributed by atoms with E-state index in [-0.39, 0.29) is 22.7 Å². The maximum Gasteiger partial charge on any atom is 0.312 e. The van der Waals surface area contributed by atoms with Crippen LogP contribution in [0.2, 0.25) is 5.15 Å². The van der Waals surface area contributed by atoms with Crippen LogP contribution in [0, 0.1) is 5.92 Å². The number of rotatable bonds is 3. The Labute approximate surface area is 121 Å². The van der Waals surface area contributed by atoms with Gasteiger partial charge in [-0.25, -0.2) is 9.78 Å². The molecule has 1 aromatic rings. The van der Waals surface area contributed by atoms with Gasteiger partial charge in [0.2, 0.25) is 0 Å². The molecule has 1 aromatic heterocycles. The number of urea groups is 1. The molecule has 108 valence electrons. The lowest BCUT2D eigenvalue weighted by atomic mass is 9.98. The minimum Gasteiger partial charge on any atom is -0.352 e. The van der Waals surface area contributed by atoms with Crippen LogP contribution in [0.25, 0.3) is 0 Å². The van der Waals surface area contributed by atoms with E-state index in [0.29, 0.717) is 19.6 Å². The average molecular weight is 298 g/mol. The summed E-state index contributed by atoms with van der Waals surface area (Å²) in [4.78, 5) is 32.5. The molecule has 1 saturated heterocycles. The van der Waals surface area contributed by atoms with Crippen molar-refractivity contribution in [2.45, 2.75) is 12.8 Å². The molecule has 0 spiro atoms. The number of aromatic nitrogens is 2. The van der Waals surface area contributed by atoms with E-state index in [2.05, 4.69) is 15.3 Å². The molecule has 3 N–H and O–H groups in total. The number of carbonyl (C=O) groups excluding carboxylic acids is 2. The molecule has 0 saturated carbocycles. The lowest BCUT2D eigenvalue weighted by Crippen LogP contribution is -2.44. The van der Waals surface area contributed by atoms with Gasteiger partial charge in [-0.05, 0) is 18.8 Å². The predicted octanol–water partition coefficient (Wildman–Crippen LogP) is 0.650. The zero-order valence-corrected chi connectivity index (χ0v) is 11.6. The lowest BCUT2D eigenvalue weighted by molar-refractivity contribution is 0.0668. The number of carbonyl (C=O) groups is 2. The Balaban J connectivity index is 1.98. The van der Waals surface area contributed by atoms with Gasteiger partial charge in [0.1, 0.15) is 10.8 Å². The fourth-order valence-electron chi connectivity index (χ4n) is 2.27. The van der Waals surface area contributed by atoms with E-state index < -0.39 is 6.03 Å². The largest absolute Gasteiger partial charge is 0.352 e. The van der Waals surface area contributed by atoms with E-state index in [0.717, 1.165) is 12.8 Å². The quantitative estimate of drug-likeness (QED) is 0.855. The summed E-state index contributed by atoms with van der Waals surface area (Å²) >= 11 is 5.74. The lowest BCUT2D eigenvalue weighted by Gasteiger charge is -2.32. The summed E-state index contributed by atoms with van der Waals surface area (Å²) in [6, 6.07) is -0.547. The first kappa shape index (κ1) is 14.5. The van der Waals surface area contributed by atoms with Crippen molar-refractivity contribution in [2.75, 3.05) is 19.6 Å². The summed E-state index contributed by atoms with van der Waals surface area (Å²) in [6.07, 6.45) is 4.61.